The molecule has 2 aromatic rings. The van der Waals surface area contributed by atoms with Crippen LogP contribution < -0.4 is 15.6 Å². The molecule has 0 saturated heterocycles. The van der Waals surface area contributed by atoms with Crippen molar-refractivity contribution in [2.45, 2.75) is 77.5 Å². The first-order chi connectivity index (χ1) is 16.7. The molecule has 1 fully saturated rings. The molecule has 8 heteroatoms. The van der Waals surface area contributed by atoms with Crippen LogP contribution in [-0.2, 0) is 19.5 Å². The number of rotatable bonds is 7. The SMILES string of the molecule is CCN(c1cc(Cl)cc(C(=O)NCc2c(Cl)n3c(cc2=O)CCC3)c1C)[C@H]1CC[C@H](N(C)C)CC1. The van der Waals surface area contributed by atoms with Gasteiger partial charge in [-0.05, 0) is 84.2 Å². The standard InChI is InChI=1S/C27H36Cl2N4O2/c1-5-32(20-10-8-19(9-11-20)31(3)4)24-14-18(28)13-22(17(24)2)27(35)30-16-23-25(34)15-21-7-6-12-33(21)26(23)29/h13-15,19-20H,5-12,16H2,1-4H3,(H,30,35)/t19-,20-. The fraction of sp³-hybridized carbons (Fsp3) is 0.556. The first-order valence-corrected chi connectivity index (χ1v) is 13.4. The van der Waals surface area contributed by atoms with Crippen molar-refractivity contribution in [1.29, 1.82) is 0 Å². The third-order valence-corrected chi connectivity index (χ3v) is 8.40. The van der Waals surface area contributed by atoms with Crippen molar-refractivity contribution < 1.29 is 4.79 Å². The molecule has 6 nitrogen and oxygen atoms in total. The molecule has 1 aromatic carbocycles. The molecule has 1 aliphatic heterocycles. The quantitative estimate of drug-likeness (QED) is 0.521. The van der Waals surface area contributed by atoms with Gasteiger partial charge in [-0.25, -0.2) is 0 Å². The van der Waals surface area contributed by atoms with Gasteiger partial charge >= 0.3 is 0 Å². The number of fused-ring (bicyclic) bond motifs is 1. The van der Waals surface area contributed by atoms with E-state index in [1.54, 1.807) is 12.1 Å². The molecular weight excluding hydrogens is 483 g/mol. The Labute approximate surface area is 218 Å². The number of carbonyl (C=O) groups excluding carboxylic acids is 1. The smallest absolute Gasteiger partial charge is 0.251 e. The normalized spacial score (nSPS) is 19.6. The van der Waals surface area contributed by atoms with Crippen LogP contribution in [0.4, 0.5) is 5.69 Å². The average Bonchev–Trinajstić information content (AvgIpc) is 3.30. The van der Waals surface area contributed by atoms with E-state index in [1.807, 2.05) is 17.6 Å². The Hall–Kier alpha value is -2.02. The highest BCUT2D eigenvalue weighted by Crippen LogP contribution is 2.34. The van der Waals surface area contributed by atoms with E-state index in [9.17, 15) is 9.59 Å². The molecule has 1 N–H and O–H groups in total. The molecule has 1 aromatic heterocycles. The summed E-state index contributed by atoms with van der Waals surface area (Å²) in [6, 6.07) is 6.38. The maximum atomic E-state index is 13.3. The van der Waals surface area contributed by atoms with Gasteiger partial charge < -0.3 is 19.7 Å². The summed E-state index contributed by atoms with van der Waals surface area (Å²) in [7, 11) is 4.30. The molecular formula is C27H36Cl2N4O2. The number of anilines is 1. The van der Waals surface area contributed by atoms with E-state index in [0.29, 0.717) is 33.4 Å². The van der Waals surface area contributed by atoms with E-state index in [1.165, 1.54) is 0 Å². The van der Waals surface area contributed by atoms with Crippen LogP contribution in [0, 0.1) is 6.92 Å². The number of nitrogens with zero attached hydrogens (tertiary/aromatic N) is 3. The van der Waals surface area contributed by atoms with Crippen LogP contribution >= 0.6 is 23.2 Å². The van der Waals surface area contributed by atoms with Gasteiger partial charge in [0.25, 0.3) is 5.91 Å². The average molecular weight is 520 g/mol. The molecule has 0 spiro atoms. The predicted octanol–water partition coefficient (Wildman–Crippen LogP) is 5.04. The Morgan fingerprint density at radius 1 is 1.11 bits per heavy atom. The van der Waals surface area contributed by atoms with Gasteiger partial charge in [0.1, 0.15) is 5.15 Å². The number of hydrogen-bond donors (Lipinski definition) is 1. The van der Waals surface area contributed by atoms with Crippen molar-refractivity contribution in [3.05, 3.63) is 61.0 Å². The van der Waals surface area contributed by atoms with Crippen LogP contribution in [0.2, 0.25) is 10.2 Å². The van der Waals surface area contributed by atoms with Crippen LogP contribution in [0.5, 0.6) is 0 Å². The zero-order chi connectivity index (χ0) is 25.3. The zero-order valence-electron chi connectivity index (χ0n) is 21.2. The topological polar surface area (TPSA) is 57.6 Å². The lowest BCUT2D eigenvalue weighted by molar-refractivity contribution is 0.0950. The van der Waals surface area contributed by atoms with Crippen molar-refractivity contribution in [3.8, 4) is 0 Å². The van der Waals surface area contributed by atoms with Gasteiger partial charge in [0.15, 0.2) is 5.43 Å². The van der Waals surface area contributed by atoms with Gasteiger partial charge in [-0.15, -0.1) is 0 Å². The van der Waals surface area contributed by atoms with Gasteiger partial charge in [-0.3, -0.25) is 9.59 Å². The molecule has 190 valence electrons. The minimum atomic E-state index is -0.250. The number of pyridine rings is 1. The first-order valence-electron chi connectivity index (χ1n) is 12.6. The van der Waals surface area contributed by atoms with Crippen molar-refractivity contribution in [2.24, 2.45) is 0 Å². The first kappa shape index (κ1) is 26.1. The number of hydrogen-bond acceptors (Lipinski definition) is 4. The summed E-state index contributed by atoms with van der Waals surface area (Å²) in [6.07, 6.45) is 6.40. The molecule has 2 aliphatic rings. The summed E-state index contributed by atoms with van der Waals surface area (Å²) in [5.74, 6) is -0.250. The minimum absolute atomic E-state index is 0.0874. The Balaban J connectivity index is 1.54. The number of halogens is 2. The fourth-order valence-corrected chi connectivity index (χ4v) is 6.27. The molecule has 0 atom stereocenters. The predicted molar refractivity (Wildman–Crippen MR) is 144 cm³/mol. The Kier molecular flexibility index (Phi) is 8.14. The van der Waals surface area contributed by atoms with Gasteiger partial charge in [0.05, 0.1) is 5.56 Å². The Morgan fingerprint density at radius 2 is 1.80 bits per heavy atom. The Morgan fingerprint density at radius 3 is 2.46 bits per heavy atom. The van der Waals surface area contributed by atoms with Crippen molar-refractivity contribution >= 4 is 34.8 Å². The minimum Gasteiger partial charge on any atom is -0.369 e. The number of aromatic nitrogens is 1. The number of carbonyl (C=O) groups is 1. The molecule has 35 heavy (non-hydrogen) atoms. The third kappa shape index (κ3) is 5.40. The van der Waals surface area contributed by atoms with Gasteiger partial charge in [-0.2, -0.15) is 0 Å². The summed E-state index contributed by atoms with van der Waals surface area (Å²) in [6.45, 7) is 5.87. The zero-order valence-corrected chi connectivity index (χ0v) is 22.7. The maximum absolute atomic E-state index is 13.3. The number of amides is 1. The summed E-state index contributed by atoms with van der Waals surface area (Å²) in [5, 5.41) is 3.88. The summed E-state index contributed by atoms with van der Waals surface area (Å²) < 4.78 is 1.97. The number of aryl methyl sites for hydroxylation is 1. The summed E-state index contributed by atoms with van der Waals surface area (Å²) in [4.78, 5) is 30.6. The van der Waals surface area contributed by atoms with E-state index >= 15 is 0 Å². The van der Waals surface area contributed by atoms with Crippen LogP contribution in [0.15, 0.2) is 23.0 Å². The van der Waals surface area contributed by atoms with Crippen LogP contribution in [0.25, 0.3) is 0 Å². The van der Waals surface area contributed by atoms with Gasteiger partial charge in [0, 0.05) is 59.8 Å². The molecule has 0 bridgehead atoms. The maximum Gasteiger partial charge on any atom is 0.251 e. The number of nitrogens with one attached hydrogen (secondary N) is 1. The lowest BCUT2D eigenvalue weighted by atomic mass is 9.89. The Bertz CT molecular complexity index is 1150. The highest BCUT2D eigenvalue weighted by molar-refractivity contribution is 6.31. The molecule has 1 saturated carbocycles. The second-order valence-electron chi connectivity index (χ2n) is 10.0. The van der Waals surface area contributed by atoms with Crippen LogP contribution in [-0.4, -0.2) is 48.1 Å². The molecule has 1 amide bonds. The monoisotopic (exact) mass is 518 g/mol. The molecule has 1 aliphatic carbocycles. The second kappa shape index (κ2) is 10.9. The lowest BCUT2D eigenvalue weighted by Crippen LogP contribution is -2.42. The summed E-state index contributed by atoms with van der Waals surface area (Å²) in [5.41, 5.74) is 3.71. The summed E-state index contributed by atoms with van der Waals surface area (Å²) >= 11 is 13.0. The van der Waals surface area contributed by atoms with Gasteiger partial charge in [0.2, 0.25) is 0 Å². The van der Waals surface area contributed by atoms with Crippen molar-refractivity contribution in [3.63, 3.8) is 0 Å². The highest BCUT2D eigenvalue weighted by Gasteiger charge is 2.28. The van der Waals surface area contributed by atoms with E-state index in [0.717, 1.165) is 68.6 Å². The third-order valence-electron chi connectivity index (χ3n) is 7.75. The van der Waals surface area contributed by atoms with Crippen LogP contribution in [0.3, 0.4) is 0 Å². The van der Waals surface area contributed by atoms with E-state index < -0.39 is 0 Å². The lowest BCUT2D eigenvalue weighted by Gasteiger charge is -2.40. The largest absolute Gasteiger partial charge is 0.369 e. The van der Waals surface area contributed by atoms with E-state index in [-0.39, 0.29) is 17.9 Å². The van der Waals surface area contributed by atoms with Crippen LogP contribution in [0.1, 0.15) is 66.2 Å². The molecule has 2 heterocycles. The highest BCUT2D eigenvalue weighted by atomic mass is 35.5. The molecule has 4 rings (SSSR count). The van der Waals surface area contributed by atoms with E-state index in [4.69, 9.17) is 23.2 Å². The van der Waals surface area contributed by atoms with Gasteiger partial charge in [-0.1, -0.05) is 23.2 Å². The molecule has 0 unspecified atom stereocenters. The second-order valence-corrected chi connectivity index (χ2v) is 10.8. The van der Waals surface area contributed by atoms with E-state index in [2.05, 4.69) is 36.1 Å². The number of benzene rings is 1. The van der Waals surface area contributed by atoms with Crippen molar-refractivity contribution in [2.75, 3.05) is 25.5 Å². The molecule has 0 radical (unpaired) electrons. The van der Waals surface area contributed by atoms with Crippen molar-refractivity contribution in [1.82, 2.24) is 14.8 Å². The fourth-order valence-electron chi connectivity index (χ4n) is 5.71.